The molecule has 2 aromatic rings. The minimum absolute atomic E-state index is 0.178. The van der Waals surface area contributed by atoms with Gasteiger partial charge in [0, 0.05) is 14.1 Å². The molecule has 8 nitrogen and oxygen atoms in total. The third-order valence-corrected chi connectivity index (χ3v) is 4.06. The summed E-state index contributed by atoms with van der Waals surface area (Å²) in [6.45, 7) is 0. The van der Waals surface area contributed by atoms with Crippen molar-refractivity contribution in [3.63, 3.8) is 0 Å². The molecule has 0 saturated carbocycles. The van der Waals surface area contributed by atoms with Crippen molar-refractivity contribution in [2.24, 2.45) is 0 Å². The lowest BCUT2D eigenvalue weighted by atomic mass is 10.1. The molecule has 1 aromatic heterocycles. The summed E-state index contributed by atoms with van der Waals surface area (Å²) in [7, 11) is -0.410. The van der Waals surface area contributed by atoms with E-state index >= 15 is 0 Å². The van der Waals surface area contributed by atoms with E-state index in [1.807, 2.05) is 0 Å². The van der Waals surface area contributed by atoms with Crippen LogP contribution >= 0.6 is 11.6 Å². The fourth-order valence-electron chi connectivity index (χ4n) is 2.01. The maximum absolute atomic E-state index is 14.3. The van der Waals surface area contributed by atoms with E-state index in [9.17, 15) is 17.6 Å². The topological polar surface area (TPSA) is 108 Å². The quantitative estimate of drug-likeness (QED) is 0.850. The van der Waals surface area contributed by atoms with Crippen LogP contribution in [0.1, 0.15) is 5.56 Å². The molecule has 25 heavy (non-hydrogen) atoms. The smallest absolute Gasteiger partial charge is 0.292 e. The van der Waals surface area contributed by atoms with Crippen molar-refractivity contribution >= 4 is 33.0 Å². The van der Waals surface area contributed by atoms with Gasteiger partial charge in [-0.2, -0.15) is 15.0 Å². The first-order valence-electron chi connectivity index (χ1n) is 6.72. The zero-order valence-electron chi connectivity index (χ0n) is 13.4. The number of rotatable bonds is 4. The number of anilines is 2. The molecule has 1 N–H and O–H groups in total. The average Bonchev–Trinajstić information content (AvgIpc) is 2.50. The molecule has 0 aliphatic rings. The van der Waals surface area contributed by atoms with Crippen molar-refractivity contribution in [2.75, 3.05) is 30.0 Å². The van der Waals surface area contributed by atoms with Crippen LogP contribution in [0.25, 0.3) is 5.69 Å². The predicted molar refractivity (Wildman–Crippen MR) is 92.3 cm³/mol. The van der Waals surface area contributed by atoms with Gasteiger partial charge in [-0.25, -0.2) is 12.8 Å². The normalized spacial score (nSPS) is 11.0. The lowest BCUT2D eigenvalue weighted by molar-refractivity contribution is 0.603. The van der Waals surface area contributed by atoms with Gasteiger partial charge in [-0.1, -0.05) is 11.6 Å². The first-order valence-corrected chi connectivity index (χ1v) is 8.99. The summed E-state index contributed by atoms with van der Waals surface area (Å²) >= 11 is 6.00. The summed E-state index contributed by atoms with van der Waals surface area (Å²) in [6, 6.07) is 3.50. The molecule has 0 aliphatic carbocycles. The number of nitrogens with zero attached hydrogens (tertiary/aromatic N) is 4. The average molecular weight is 386 g/mol. The van der Waals surface area contributed by atoms with Gasteiger partial charge in [0.1, 0.15) is 22.6 Å². The second kappa shape index (κ2) is 6.70. The van der Waals surface area contributed by atoms with Gasteiger partial charge in [0.2, 0.25) is 10.0 Å². The summed E-state index contributed by atoms with van der Waals surface area (Å²) in [5, 5.41) is 12.7. The third kappa shape index (κ3) is 3.89. The Kier molecular flexibility index (Phi) is 5.01. The second-order valence-electron chi connectivity index (χ2n) is 5.29. The Morgan fingerprint density at radius 2 is 2.04 bits per heavy atom. The van der Waals surface area contributed by atoms with Gasteiger partial charge in [0.05, 0.1) is 29.4 Å². The van der Waals surface area contributed by atoms with E-state index in [0.29, 0.717) is 10.4 Å². The van der Waals surface area contributed by atoms with Crippen LogP contribution in [-0.4, -0.2) is 38.5 Å². The molecular weight excluding hydrogens is 373 g/mol. The number of hydrogen-bond donors (Lipinski definition) is 1. The molecule has 0 bridgehead atoms. The highest BCUT2D eigenvalue weighted by Crippen LogP contribution is 2.25. The van der Waals surface area contributed by atoms with Crippen molar-refractivity contribution < 1.29 is 12.8 Å². The highest BCUT2D eigenvalue weighted by atomic mass is 35.5. The molecule has 0 atom stereocenters. The van der Waals surface area contributed by atoms with Crippen LogP contribution in [0.5, 0.6) is 0 Å². The summed E-state index contributed by atoms with van der Waals surface area (Å²) in [6.07, 6.45) is 2.15. The Bertz CT molecular complexity index is 1040. The Labute approximate surface area is 148 Å². The lowest BCUT2D eigenvalue weighted by Crippen LogP contribution is -2.25. The van der Waals surface area contributed by atoms with Gasteiger partial charge in [0.25, 0.3) is 5.56 Å². The number of benzene rings is 1. The molecule has 0 saturated heterocycles. The summed E-state index contributed by atoms with van der Waals surface area (Å²) in [4.78, 5) is 13.9. The van der Waals surface area contributed by atoms with E-state index < -0.39 is 21.4 Å². The van der Waals surface area contributed by atoms with Crippen LogP contribution in [0.15, 0.2) is 23.1 Å². The van der Waals surface area contributed by atoms with Crippen LogP contribution in [0.3, 0.4) is 0 Å². The molecule has 2 rings (SSSR count). The Balaban J connectivity index is 2.72. The summed E-state index contributed by atoms with van der Waals surface area (Å²) in [5.74, 6) is -0.932. The summed E-state index contributed by atoms with van der Waals surface area (Å²) < 4.78 is 40.0. The lowest BCUT2D eigenvalue weighted by Gasteiger charge is -2.15. The second-order valence-corrected chi connectivity index (χ2v) is 7.42. The molecule has 0 aliphatic heterocycles. The van der Waals surface area contributed by atoms with E-state index in [-0.39, 0.29) is 22.0 Å². The Morgan fingerprint density at radius 3 is 2.56 bits per heavy atom. The maximum Gasteiger partial charge on any atom is 0.292 e. The fraction of sp³-hybridized carbons (Fsp3) is 0.214. The molecule has 0 spiro atoms. The molecule has 0 unspecified atom stereocenters. The van der Waals surface area contributed by atoms with Gasteiger partial charge in [-0.15, -0.1) is 0 Å². The van der Waals surface area contributed by atoms with Gasteiger partial charge < -0.3 is 4.90 Å². The van der Waals surface area contributed by atoms with E-state index in [1.54, 1.807) is 25.1 Å². The van der Waals surface area contributed by atoms with E-state index in [0.717, 1.165) is 18.4 Å². The van der Waals surface area contributed by atoms with Gasteiger partial charge in [-0.3, -0.25) is 9.52 Å². The molecule has 0 fully saturated rings. The molecule has 0 amide bonds. The van der Waals surface area contributed by atoms with E-state index in [1.165, 1.54) is 6.20 Å². The minimum Gasteiger partial charge on any atom is -0.375 e. The van der Waals surface area contributed by atoms with Crippen molar-refractivity contribution in [1.82, 2.24) is 9.78 Å². The fourth-order valence-corrected chi connectivity index (χ4v) is 2.87. The number of nitriles is 1. The minimum atomic E-state index is -3.72. The SMILES string of the molecule is CN(C)c1cnn(-c2cc(NS(C)(=O)=O)c(C#N)cc2F)c(=O)c1Cl. The van der Waals surface area contributed by atoms with Gasteiger partial charge in [0.15, 0.2) is 0 Å². The highest BCUT2D eigenvalue weighted by molar-refractivity contribution is 7.92. The number of aromatic nitrogens is 2. The van der Waals surface area contributed by atoms with Crippen LogP contribution in [0, 0.1) is 17.1 Å². The van der Waals surface area contributed by atoms with E-state index in [2.05, 4.69) is 9.82 Å². The van der Waals surface area contributed by atoms with Gasteiger partial charge in [-0.05, 0) is 12.1 Å². The first-order chi connectivity index (χ1) is 11.5. The third-order valence-electron chi connectivity index (χ3n) is 3.11. The predicted octanol–water partition coefficient (Wildman–Crippen LogP) is 1.33. The van der Waals surface area contributed by atoms with Crippen molar-refractivity contribution in [1.29, 1.82) is 5.26 Å². The number of sulfonamides is 1. The van der Waals surface area contributed by atoms with Crippen molar-refractivity contribution in [3.8, 4) is 11.8 Å². The Hall–Kier alpha value is -2.64. The first kappa shape index (κ1) is 18.7. The molecule has 11 heteroatoms. The van der Waals surface area contributed by atoms with E-state index in [4.69, 9.17) is 16.9 Å². The zero-order chi connectivity index (χ0) is 18.9. The van der Waals surface area contributed by atoms with Crippen LogP contribution in [-0.2, 0) is 10.0 Å². The molecule has 132 valence electrons. The molecule has 0 radical (unpaired) electrons. The zero-order valence-corrected chi connectivity index (χ0v) is 15.0. The number of hydrogen-bond acceptors (Lipinski definition) is 6. The van der Waals surface area contributed by atoms with Gasteiger partial charge >= 0.3 is 0 Å². The highest BCUT2D eigenvalue weighted by Gasteiger charge is 2.18. The van der Waals surface area contributed by atoms with Crippen molar-refractivity contribution in [3.05, 3.63) is 45.1 Å². The summed E-state index contributed by atoms with van der Waals surface area (Å²) in [5.41, 5.74) is -1.21. The van der Waals surface area contributed by atoms with Crippen LogP contribution in [0.2, 0.25) is 5.02 Å². The molecule has 1 aromatic carbocycles. The number of nitrogens with one attached hydrogen (secondary N) is 1. The number of halogens is 2. The molecule has 1 heterocycles. The monoisotopic (exact) mass is 385 g/mol. The van der Waals surface area contributed by atoms with Crippen molar-refractivity contribution in [2.45, 2.75) is 0 Å². The maximum atomic E-state index is 14.3. The largest absolute Gasteiger partial charge is 0.375 e. The van der Waals surface area contributed by atoms with Crippen LogP contribution in [0.4, 0.5) is 15.8 Å². The standard InChI is InChI=1S/C14H13ClFN5O3S/c1-20(2)12-7-18-21(14(22)13(12)15)11-5-10(19-25(3,23)24)8(6-17)4-9(11)16/h4-5,7,19H,1-3H3. The van der Waals surface area contributed by atoms with Crippen LogP contribution < -0.4 is 15.2 Å². The Morgan fingerprint density at radius 1 is 1.40 bits per heavy atom. The molecular formula is C14H13ClFN5O3S.